The molecular weight excluding hydrogens is 230 g/mol. The molecule has 1 heterocycles. The third kappa shape index (κ3) is 2.57. The highest BCUT2D eigenvalue weighted by atomic mass is 16.5. The maximum atomic E-state index is 12.0. The first kappa shape index (κ1) is 11.9. The van der Waals surface area contributed by atoms with Gasteiger partial charge in [0.2, 0.25) is 0 Å². The average Bonchev–Trinajstić information content (AvgIpc) is 2.38. The molecule has 0 radical (unpaired) electrons. The third-order valence-corrected chi connectivity index (χ3v) is 2.39. The summed E-state index contributed by atoms with van der Waals surface area (Å²) in [7, 11) is 1.49. The van der Waals surface area contributed by atoms with Crippen LogP contribution in [-0.4, -0.2) is 18.0 Å². The third-order valence-electron chi connectivity index (χ3n) is 2.39. The molecule has 0 atom stereocenters. The molecular formula is C13H13N3O2. The van der Waals surface area contributed by atoms with Crippen molar-refractivity contribution in [3.63, 3.8) is 0 Å². The number of carbonyl (C=O) groups is 1. The fourth-order valence-corrected chi connectivity index (χ4v) is 1.55. The smallest absolute Gasteiger partial charge is 0.259 e. The van der Waals surface area contributed by atoms with Crippen molar-refractivity contribution < 1.29 is 9.53 Å². The molecule has 0 aliphatic rings. The molecule has 2 rings (SSSR count). The molecule has 5 nitrogen and oxygen atoms in total. The predicted molar refractivity (Wildman–Crippen MR) is 69.6 cm³/mol. The van der Waals surface area contributed by atoms with E-state index >= 15 is 0 Å². The van der Waals surface area contributed by atoms with Crippen LogP contribution in [0.25, 0.3) is 0 Å². The lowest BCUT2D eigenvalue weighted by molar-refractivity contribution is 0.102. The Bertz CT molecular complexity index is 570. The van der Waals surface area contributed by atoms with E-state index in [2.05, 4.69) is 10.3 Å². The van der Waals surface area contributed by atoms with Crippen LogP contribution in [0.5, 0.6) is 5.75 Å². The van der Waals surface area contributed by atoms with Crippen LogP contribution in [0.2, 0.25) is 0 Å². The lowest BCUT2D eigenvalue weighted by Crippen LogP contribution is -2.13. The van der Waals surface area contributed by atoms with Crippen molar-refractivity contribution in [2.75, 3.05) is 18.2 Å². The minimum atomic E-state index is -0.264. The first-order valence-corrected chi connectivity index (χ1v) is 5.35. The molecule has 1 amide bonds. The van der Waals surface area contributed by atoms with Gasteiger partial charge in [0.1, 0.15) is 5.75 Å². The number of hydrogen-bond donors (Lipinski definition) is 2. The maximum absolute atomic E-state index is 12.0. The van der Waals surface area contributed by atoms with E-state index in [-0.39, 0.29) is 5.91 Å². The molecule has 0 saturated carbocycles. The number of nitrogen functional groups attached to an aromatic ring is 1. The number of benzene rings is 1. The van der Waals surface area contributed by atoms with Crippen molar-refractivity contribution in [3.8, 4) is 5.75 Å². The molecule has 0 unspecified atom stereocenters. The SMILES string of the molecule is COc1cnccc1C(=O)Nc1cccc(N)c1. The molecule has 1 aromatic carbocycles. The summed E-state index contributed by atoms with van der Waals surface area (Å²) in [6.07, 6.45) is 3.03. The summed E-state index contributed by atoms with van der Waals surface area (Å²) in [6, 6.07) is 8.57. The first-order valence-electron chi connectivity index (χ1n) is 5.35. The zero-order valence-electron chi connectivity index (χ0n) is 9.88. The summed E-state index contributed by atoms with van der Waals surface area (Å²) < 4.78 is 5.08. The van der Waals surface area contributed by atoms with E-state index in [0.29, 0.717) is 22.7 Å². The number of pyridine rings is 1. The monoisotopic (exact) mass is 243 g/mol. The van der Waals surface area contributed by atoms with Crippen molar-refractivity contribution in [3.05, 3.63) is 48.3 Å². The Labute approximate surface area is 105 Å². The summed E-state index contributed by atoms with van der Waals surface area (Å²) in [5.41, 5.74) is 7.30. The first-order chi connectivity index (χ1) is 8.70. The number of carbonyl (C=O) groups excluding carboxylic acids is 1. The molecule has 92 valence electrons. The van der Waals surface area contributed by atoms with Crippen LogP contribution in [0.3, 0.4) is 0 Å². The summed E-state index contributed by atoms with van der Waals surface area (Å²) in [6.45, 7) is 0. The van der Waals surface area contributed by atoms with Crippen LogP contribution in [0.1, 0.15) is 10.4 Å². The molecule has 0 spiro atoms. The van der Waals surface area contributed by atoms with Gasteiger partial charge in [-0.15, -0.1) is 0 Å². The van der Waals surface area contributed by atoms with Gasteiger partial charge in [-0.25, -0.2) is 0 Å². The molecule has 0 saturated heterocycles. The van der Waals surface area contributed by atoms with E-state index in [4.69, 9.17) is 10.5 Å². The second-order valence-corrected chi connectivity index (χ2v) is 3.66. The Morgan fingerprint density at radius 1 is 1.39 bits per heavy atom. The fraction of sp³-hybridized carbons (Fsp3) is 0.0769. The molecule has 3 N–H and O–H groups in total. The lowest BCUT2D eigenvalue weighted by Gasteiger charge is -2.08. The van der Waals surface area contributed by atoms with Gasteiger partial charge in [-0.1, -0.05) is 6.07 Å². The number of anilines is 2. The second kappa shape index (κ2) is 5.18. The molecule has 0 bridgehead atoms. The number of nitrogens with one attached hydrogen (secondary N) is 1. The van der Waals surface area contributed by atoms with Crippen molar-refractivity contribution in [1.82, 2.24) is 4.98 Å². The number of rotatable bonds is 3. The Morgan fingerprint density at radius 2 is 2.22 bits per heavy atom. The van der Waals surface area contributed by atoms with Gasteiger partial charge >= 0.3 is 0 Å². The van der Waals surface area contributed by atoms with E-state index in [9.17, 15) is 4.79 Å². The number of aromatic nitrogens is 1. The minimum Gasteiger partial charge on any atom is -0.494 e. The zero-order valence-corrected chi connectivity index (χ0v) is 9.88. The second-order valence-electron chi connectivity index (χ2n) is 3.66. The quantitative estimate of drug-likeness (QED) is 0.807. The fourth-order valence-electron chi connectivity index (χ4n) is 1.55. The summed E-state index contributed by atoms with van der Waals surface area (Å²) in [5.74, 6) is 0.166. The molecule has 18 heavy (non-hydrogen) atoms. The number of nitrogens with two attached hydrogens (primary N) is 1. The van der Waals surface area contributed by atoms with Gasteiger partial charge < -0.3 is 15.8 Å². The number of nitrogens with zero attached hydrogens (tertiary/aromatic N) is 1. The number of hydrogen-bond acceptors (Lipinski definition) is 4. The Morgan fingerprint density at radius 3 is 2.94 bits per heavy atom. The molecule has 2 aromatic rings. The van der Waals surface area contributed by atoms with Gasteiger partial charge in [-0.2, -0.15) is 0 Å². The highest BCUT2D eigenvalue weighted by molar-refractivity contribution is 6.06. The highest BCUT2D eigenvalue weighted by Crippen LogP contribution is 2.18. The normalized spacial score (nSPS) is 9.83. The maximum Gasteiger partial charge on any atom is 0.259 e. The van der Waals surface area contributed by atoms with E-state index in [1.807, 2.05) is 0 Å². The topological polar surface area (TPSA) is 77.2 Å². The van der Waals surface area contributed by atoms with E-state index < -0.39 is 0 Å². The van der Waals surface area contributed by atoms with Crippen LogP contribution in [0.4, 0.5) is 11.4 Å². The Balaban J connectivity index is 2.22. The summed E-state index contributed by atoms with van der Waals surface area (Å²) >= 11 is 0. The average molecular weight is 243 g/mol. The van der Waals surface area contributed by atoms with Gasteiger partial charge in [-0.3, -0.25) is 9.78 Å². The summed E-state index contributed by atoms with van der Waals surface area (Å²) in [5, 5.41) is 2.75. The standard InChI is InChI=1S/C13H13N3O2/c1-18-12-8-15-6-5-11(12)13(17)16-10-4-2-3-9(14)7-10/h2-8H,14H2,1H3,(H,16,17). The van der Waals surface area contributed by atoms with Crippen molar-refractivity contribution in [1.29, 1.82) is 0 Å². The number of methoxy groups -OCH3 is 1. The van der Waals surface area contributed by atoms with Gasteiger partial charge in [0, 0.05) is 17.6 Å². The highest BCUT2D eigenvalue weighted by Gasteiger charge is 2.11. The van der Waals surface area contributed by atoms with Crippen LogP contribution >= 0.6 is 0 Å². The van der Waals surface area contributed by atoms with Crippen LogP contribution in [-0.2, 0) is 0 Å². The number of ether oxygens (including phenoxy) is 1. The molecule has 1 aromatic heterocycles. The van der Waals surface area contributed by atoms with Crippen molar-refractivity contribution in [2.45, 2.75) is 0 Å². The number of amides is 1. The van der Waals surface area contributed by atoms with Crippen molar-refractivity contribution in [2.24, 2.45) is 0 Å². The summed E-state index contributed by atoms with van der Waals surface area (Å²) in [4.78, 5) is 15.9. The van der Waals surface area contributed by atoms with Crippen molar-refractivity contribution >= 4 is 17.3 Å². The molecule has 0 aliphatic carbocycles. The van der Waals surface area contributed by atoms with Gasteiger partial charge in [0.05, 0.1) is 18.9 Å². The Hall–Kier alpha value is -2.56. The molecule has 5 heteroatoms. The van der Waals surface area contributed by atoms with Crippen LogP contribution < -0.4 is 15.8 Å². The van der Waals surface area contributed by atoms with E-state index in [0.717, 1.165) is 0 Å². The van der Waals surface area contributed by atoms with E-state index in [1.165, 1.54) is 19.5 Å². The van der Waals surface area contributed by atoms with Gasteiger partial charge in [0.15, 0.2) is 0 Å². The zero-order chi connectivity index (χ0) is 13.0. The van der Waals surface area contributed by atoms with Crippen LogP contribution in [0, 0.1) is 0 Å². The van der Waals surface area contributed by atoms with E-state index in [1.54, 1.807) is 30.3 Å². The predicted octanol–water partition coefficient (Wildman–Crippen LogP) is 1.92. The molecule has 0 fully saturated rings. The van der Waals surface area contributed by atoms with Crippen LogP contribution in [0.15, 0.2) is 42.7 Å². The van der Waals surface area contributed by atoms with Gasteiger partial charge in [0.25, 0.3) is 5.91 Å². The lowest BCUT2D eigenvalue weighted by atomic mass is 10.2. The molecule has 0 aliphatic heterocycles. The Kier molecular flexibility index (Phi) is 3.43. The minimum absolute atomic E-state index is 0.264. The largest absolute Gasteiger partial charge is 0.494 e. The van der Waals surface area contributed by atoms with Gasteiger partial charge in [-0.05, 0) is 24.3 Å².